The summed E-state index contributed by atoms with van der Waals surface area (Å²) in [4.78, 5) is 7.99. The fraction of sp³-hybridized carbons (Fsp3) is 0.200. The van der Waals surface area contributed by atoms with E-state index in [0.29, 0.717) is 0 Å². The van der Waals surface area contributed by atoms with Crippen molar-refractivity contribution in [3.63, 3.8) is 0 Å². The molecule has 4 rings (SSSR count). The minimum Gasteiger partial charge on any atom is -0.337 e. The van der Waals surface area contributed by atoms with Gasteiger partial charge < -0.3 is 4.98 Å². The Morgan fingerprint density at radius 1 is 1.00 bits per heavy atom. The van der Waals surface area contributed by atoms with Gasteiger partial charge in [0.25, 0.3) is 0 Å². The van der Waals surface area contributed by atoms with Crippen molar-refractivity contribution < 1.29 is 0 Å². The van der Waals surface area contributed by atoms with E-state index in [1.807, 2.05) is 28.9 Å². The third-order valence-corrected chi connectivity index (χ3v) is 4.44. The number of aromatic amines is 1. The van der Waals surface area contributed by atoms with Crippen LogP contribution in [0.25, 0.3) is 22.6 Å². The number of hydrogen-bond acceptors (Lipinski definition) is 2. The summed E-state index contributed by atoms with van der Waals surface area (Å²) in [6.07, 6.45) is 0. The molecule has 0 radical (unpaired) electrons. The summed E-state index contributed by atoms with van der Waals surface area (Å²) in [5.41, 5.74) is 7.89. The van der Waals surface area contributed by atoms with Gasteiger partial charge in [0.2, 0.25) is 0 Å². The Hall–Kier alpha value is -2.88. The van der Waals surface area contributed by atoms with Gasteiger partial charge in [-0.05, 0) is 50.1 Å². The van der Waals surface area contributed by atoms with Gasteiger partial charge in [0, 0.05) is 5.69 Å². The monoisotopic (exact) mass is 316 g/mol. The first-order valence-corrected chi connectivity index (χ1v) is 8.16. The maximum absolute atomic E-state index is 4.76. The lowest BCUT2D eigenvalue weighted by Crippen LogP contribution is -2.05. The van der Waals surface area contributed by atoms with Gasteiger partial charge >= 0.3 is 0 Å². The first-order valence-electron chi connectivity index (χ1n) is 8.16. The van der Waals surface area contributed by atoms with E-state index in [2.05, 4.69) is 55.0 Å². The summed E-state index contributed by atoms with van der Waals surface area (Å²) in [6.45, 7) is 7.14. The van der Waals surface area contributed by atoms with Gasteiger partial charge in [-0.1, -0.05) is 35.9 Å². The fourth-order valence-corrected chi connectivity index (χ4v) is 2.99. The Labute approximate surface area is 141 Å². The maximum Gasteiger partial charge on any atom is 0.159 e. The van der Waals surface area contributed by atoms with Crippen molar-refractivity contribution >= 4 is 11.0 Å². The minimum atomic E-state index is 0.777. The predicted octanol–water partition coefficient (Wildman–Crippen LogP) is 4.40. The predicted molar refractivity (Wildman–Crippen MR) is 97.1 cm³/mol. The van der Waals surface area contributed by atoms with Crippen molar-refractivity contribution in [3.05, 3.63) is 70.9 Å². The van der Waals surface area contributed by atoms with Gasteiger partial charge in [0.15, 0.2) is 5.82 Å². The van der Waals surface area contributed by atoms with Gasteiger partial charge in [0.05, 0.1) is 17.6 Å². The standard InChI is InChI=1S/C20H20N4/c1-13-8-9-14(2)16(10-13)12-24-15(3)11-19(23-24)20-21-17-6-4-5-7-18(17)22-20/h4-11H,12H2,1-3H3,(H,21,22). The molecule has 0 unspecified atom stereocenters. The number of aromatic nitrogens is 4. The molecule has 0 aliphatic carbocycles. The second-order valence-electron chi connectivity index (χ2n) is 6.36. The molecule has 4 aromatic rings. The topological polar surface area (TPSA) is 46.5 Å². The van der Waals surface area contributed by atoms with E-state index in [4.69, 9.17) is 5.10 Å². The molecule has 0 aliphatic rings. The molecule has 1 N–H and O–H groups in total. The molecular weight excluding hydrogens is 296 g/mol. The summed E-state index contributed by atoms with van der Waals surface area (Å²) in [5, 5.41) is 4.76. The van der Waals surface area contributed by atoms with Crippen molar-refractivity contribution in [2.75, 3.05) is 0 Å². The van der Waals surface area contributed by atoms with E-state index < -0.39 is 0 Å². The van der Waals surface area contributed by atoms with E-state index in [1.165, 1.54) is 16.7 Å². The van der Waals surface area contributed by atoms with Gasteiger partial charge in [-0.2, -0.15) is 5.10 Å². The van der Waals surface area contributed by atoms with Crippen LogP contribution in [0.2, 0.25) is 0 Å². The SMILES string of the molecule is Cc1ccc(C)c(Cn2nc(-c3nc4ccccc4[nH]3)cc2C)c1. The van der Waals surface area contributed by atoms with Crippen LogP contribution in [0.15, 0.2) is 48.5 Å². The summed E-state index contributed by atoms with van der Waals surface area (Å²) in [7, 11) is 0. The zero-order valence-corrected chi connectivity index (χ0v) is 14.2. The highest BCUT2D eigenvalue weighted by Gasteiger charge is 2.11. The highest BCUT2D eigenvalue weighted by molar-refractivity contribution is 5.78. The smallest absolute Gasteiger partial charge is 0.159 e. The molecule has 0 atom stereocenters. The number of imidazole rings is 1. The van der Waals surface area contributed by atoms with Crippen LogP contribution in [-0.2, 0) is 6.54 Å². The minimum absolute atomic E-state index is 0.777. The third kappa shape index (κ3) is 2.60. The van der Waals surface area contributed by atoms with Crippen molar-refractivity contribution in [2.45, 2.75) is 27.3 Å². The first kappa shape index (κ1) is 14.7. The van der Waals surface area contributed by atoms with Crippen LogP contribution in [0.4, 0.5) is 0 Å². The number of rotatable bonds is 3. The molecule has 0 bridgehead atoms. The van der Waals surface area contributed by atoms with Gasteiger partial charge in [0.1, 0.15) is 5.69 Å². The highest BCUT2D eigenvalue weighted by Crippen LogP contribution is 2.21. The number of aryl methyl sites for hydroxylation is 3. The molecule has 2 aromatic carbocycles. The van der Waals surface area contributed by atoms with Crippen LogP contribution in [-0.4, -0.2) is 19.7 Å². The molecule has 0 aliphatic heterocycles. The molecule has 24 heavy (non-hydrogen) atoms. The molecule has 2 aromatic heterocycles. The Morgan fingerprint density at radius 2 is 1.83 bits per heavy atom. The molecule has 0 spiro atoms. The number of benzene rings is 2. The summed E-state index contributed by atoms with van der Waals surface area (Å²) in [5.74, 6) is 0.819. The Morgan fingerprint density at radius 3 is 2.67 bits per heavy atom. The zero-order valence-electron chi connectivity index (χ0n) is 14.2. The Kier molecular flexibility index (Phi) is 3.45. The number of hydrogen-bond donors (Lipinski definition) is 1. The van der Waals surface area contributed by atoms with Crippen LogP contribution in [0.5, 0.6) is 0 Å². The Balaban J connectivity index is 1.70. The molecule has 120 valence electrons. The molecule has 2 heterocycles. The zero-order chi connectivity index (χ0) is 16.7. The molecule has 4 nitrogen and oxygen atoms in total. The van der Waals surface area contributed by atoms with Gasteiger partial charge in [-0.3, -0.25) is 4.68 Å². The Bertz CT molecular complexity index is 990. The summed E-state index contributed by atoms with van der Waals surface area (Å²) < 4.78 is 2.05. The third-order valence-electron chi connectivity index (χ3n) is 4.44. The van der Waals surface area contributed by atoms with E-state index in [9.17, 15) is 0 Å². The van der Waals surface area contributed by atoms with Gasteiger partial charge in [-0.15, -0.1) is 0 Å². The number of H-pyrrole nitrogens is 1. The molecule has 0 saturated heterocycles. The number of nitrogens with one attached hydrogen (secondary N) is 1. The average Bonchev–Trinajstić information content (AvgIpc) is 3.15. The van der Waals surface area contributed by atoms with E-state index in [0.717, 1.165) is 34.8 Å². The molecule has 0 amide bonds. The van der Waals surface area contributed by atoms with E-state index in [-0.39, 0.29) is 0 Å². The number of para-hydroxylation sites is 2. The number of fused-ring (bicyclic) bond motifs is 1. The fourth-order valence-electron chi connectivity index (χ4n) is 2.99. The second-order valence-corrected chi connectivity index (χ2v) is 6.36. The highest BCUT2D eigenvalue weighted by atomic mass is 15.3. The maximum atomic E-state index is 4.76. The molecular formula is C20H20N4. The molecule has 4 heteroatoms. The molecule has 0 fully saturated rings. The second kappa shape index (κ2) is 5.64. The van der Waals surface area contributed by atoms with Crippen LogP contribution < -0.4 is 0 Å². The van der Waals surface area contributed by atoms with Crippen LogP contribution in [0.1, 0.15) is 22.4 Å². The number of nitrogens with zero attached hydrogens (tertiary/aromatic N) is 3. The van der Waals surface area contributed by atoms with E-state index in [1.54, 1.807) is 0 Å². The first-order chi connectivity index (χ1) is 11.6. The lowest BCUT2D eigenvalue weighted by atomic mass is 10.1. The van der Waals surface area contributed by atoms with Crippen molar-refractivity contribution in [1.82, 2.24) is 19.7 Å². The summed E-state index contributed by atoms with van der Waals surface area (Å²) in [6, 6.07) is 16.7. The average molecular weight is 316 g/mol. The summed E-state index contributed by atoms with van der Waals surface area (Å²) >= 11 is 0. The lowest BCUT2D eigenvalue weighted by Gasteiger charge is -2.09. The lowest BCUT2D eigenvalue weighted by molar-refractivity contribution is 0.663. The van der Waals surface area contributed by atoms with Crippen molar-refractivity contribution in [1.29, 1.82) is 0 Å². The quantitative estimate of drug-likeness (QED) is 0.609. The van der Waals surface area contributed by atoms with Crippen LogP contribution in [0, 0.1) is 20.8 Å². The van der Waals surface area contributed by atoms with Crippen molar-refractivity contribution in [3.8, 4) is 11.5 Å². The normalized spacial score (nSPS) is 11.3. The molecule has 0 saturated carbocycles. The van der Waals surface area contributed by atoms with Crippen LogP contribution in [0.3, 0.4) is 0 Å². The van der Waals surface area contributed by atoms with Crippen LogP contribution >= 0.6 is 0 Å². The largest absolute Gasteiger partial charge is 0.337 e. The van der Waals surface area contributed by atoms with E-state index >= 15 is 0 Å². The van der Waals surface area contributed by atoms with Crippen molar-refractivity contribution in [2.24, 2.45) is 0 Å². The van der Waals surface area contributed by atoms with Gasteiger partial charge in [-0.25, -0.2) is 4.98 Å².